The third-order valence-electron chi connectivity index (χ3n) is 5.62. The Bertz CT molecular complexity index is 1120. The first kappa shape index (κ1) is 19.1. The molecule has 30 heavy (non-hydrogen) atoms. The van der Waals surface area contributed by atoms with E-state index in [1.165, 1.54) is 0 Å². The maximum Gasteiger partial charge on any atom is 0.253 e. The largest absolute Gasteiger partial charge is 0.376 e. The highest BCUT2D eigenvalue weighted by Crippen LogP contribution is 2.37. The summed E-state index contributed by atoms with van der Waals surface area (Å²) in [6.45, 7) is 1.16. The molecule has 0 saturated carbocycles. The van der Waals surface area contributed by atoms with E-state index in [-0.39, 0.29) is 24.3 Å². The van der Waals surface area contributed by atoms with Gasteiger partial charge in [-0.25, -0.2) is 4.98 Å². The van der Waals surface area contributed by atoms with Gasteiger partial charge >= 0.3 is 0 Å². The number of nitrogens with one attached hydrogen (secondary N) is 1. The molecule has 0 radical (unpaired) electrons. The Hall–Kier alpha value is -2.90. The van der Waals surface area contributed by atoms with E-state index < -0.39 is 6.04 Å². The second-order valence-corrected chi connectivity index (χ2v) is 8.01. The molecule has 1 fully saturated rings. The fraction of sp³-hybridized carbons (Fsp3) is 0.318. The number of para-hydroxylation sites is 3. The minimum absolute atomic E-state index is 0.000561. The van der Waals surface area contributed by atoms with Crippen LogP contribution in [-0.4, -0.2) is 40.6 Å². The van der Waals surface area contributed by atoms with Crippen LogP contribution in [0.1, 0.15) is 25.3 Å². The molecule has 1 saturated heterocycles. The number of amides is 2. The van der Waals surface area contributed by atoms with Crippen LogP contribution in [0.25, 0.3) is 11.0 Å². The molecule has 3 heterocycles. The lowest BCUT2D eigenvalue weighted by Gasteiger charge is -2.19. The molecule has 0 aliphatic carbocycles. The van der Waals surface area contributed by atoms with Crippen molar-refractivity contribution in [2.45, 2.75) is 31.4 Å². The van der Waals surface area contributed by atoms with Gasteiger partial charge in [0.2, 0.25) is 11.9 Å². The summed E-state index contributed by atoms with van der Waals surface area (Å²) in [6.07, 6.45) is 1.91. The molecule has 2 aliphatic rings. The summed E-state index contributed by atoms with van der Waals surface area (Å²) in [5.41, 5.74) is 2.17. The van der Waals surface area contributed by atoms with Crippen molar-refractivity contribution >= 4 is 46.1 Å². The summed E-state index contributed by atoms with van der Waals surface area (Å²) >= 11 is 6.15. The van der Waals surface area contributed by atoms with Gasteiger partial charge in [0.25, 0.3) is 5.91 Å². The molecule has 2 atom stereocenters. The van der Waals surface area contributed by atoms with Gasteiger partial charge in [0, 0.05) is 6.61 Å². The van der Waals surface area contributed by atoms with Crippen molar-refractivity contribution in [3.05, 3.63) is 53.6 Å². The number of rotatable bonds is 5. The van der Waals surface area contributed by atoms with Gasteiger partial charge in [-0.2, -0.15) is 0 Å². The number of nitrogens with zero attached hydrogens (tertiary/aromatic N) is 3. The number of benzene rings is 2. The van der Waals surface area contributed by atoms with E-state index in [2.05, 4.69) is 10.3 Å². The van der Waals surface area contributed by atoms with Crippen molar-refractivity contribution in [1.82, 2.24) is 9.55 Å². The lowest BCUT2D eigenvalue weighted by atomic mass is 10.1. The number of carbonyl (C=O) groups excluding carboxylic acids is 2. The van der Waals surface area contributed by atoms with Gasteiger partial charge in [-0.1, -0.05) is 35.9 Å². The molecular weight excluding hydrogens is 404 g/mol. The predicted molar refractivity (Wildman–Crippen MR) is 115 cm³/mol. The monoisotopic (exact) mass is 424 g/mol. The Balaban J connectivity index is 1.45. The summed E-state index contributed by atoms with van der Waals surface area (Å²) in [5.74, 6) is 0.171. The van der Waals surface area contributed by atoms with Crippen LogP contribution in [0.2, 0.25) is 5.02 Å². The SMILES string of the molecule is O=C(CC1C(=O)N(CC2CCCO2)c2nc3ccccc3n21)Nc1ccccc1Cl. The van der Waals surface area contributed by atoms with Crippen molar-refractivity contribution < 1.29 is 14.3 Å². The summed E-state index contributed by atoms with van der Waals surface area (Å²) in [5, 5.41) is 3.27. The van der Waals surface area contributed by atoms with Gasteiger partial charge in [-0.3, -0.25) is 19.1 Å². The Kier molecular flexibility index (Phi) is 4.92. The third-order valence-corrected chi connectivity index (χ3v) is 5.95. The van der Waals surface area contributed by atoms with Gasteiger partial charge in [-0.15, -0.1) is 0 Å². The minimum Gasteiger partial charge on any atom is -0.376 e. The molecule has 0 bridgehead atoms. The number of halogens is 1. The minimum atomic E-state index is -0.656. The average molecular weight is 425 g/mol. The highest BCUT2D eigenvalue weighted by Gasteiger charge is 2.42. The Morgan fingerprint density at radius 3 is 2.80 bits per heavy atom. The summed E-state index contributed by atoms with van der Waals surface area (Å²) in [6, 6.07) is 14.0. The lowest BCUT2D eigenvalue weighted by Crippen LogP contribution is -2.37. The number of ether oxygens (including phenoxy) is 1. The van der Waals surface area contributed by atoms with Gasteiger partial charge in [0.05, 0.1) is 40.8 Å². The van der Waals surface area contributed by atoms with E-state index in [0.29, 0.717) is 29.8 Å². The number of hydrogen-bond donors (Lipinski definition) is 1. The van der Waals surface area contributed by atoms with Crippen LogP contribution in [0.4, 0.5) is 11.6 Å². The molecule has 0 spiro atoms. The molecule has 2 unspecified atom stereocenters. The third kappa shape index (κ3) is 3.34. The van der Waals surface area contributed by atoms with Gasteiger partial charge in [0.1, 0.15) is 6.04 Å². The van der Waals surface area contributed by atoms with Gasteiger partial charge < -0.3 is 10.1 Å². The highest BCUT2D eigenvalue weighted by molar-refractivity contribution is 6.33. The maximum absolute atomic E-state index is 13.3. The molecule has 2 aliphatic heterocycles. The molecule has 2 amide bonds. The van der Waals surface area contributed by atoms with Crippen LogP contribution >= 0.6 is 11.6 Å². The number of fused-ring (bicyclic) bond motifs is 3. The fourth-order valence-corrected chi connectivity index (χ4v) is 4.38. The topological polar surface area (TPSA) is 76.5 Å². The fourth-order valence-electron chi connectivity index (χ4n) is 4.20. The normalized spacial score (nSPS) is 20.7. The van der Waals surface area contributed by atoms with Crippen molar-refractivity contribution in [3.8, 4) is 0 Å². The second-order valence-electron chi connectivity index (χ2n) is 7.60. The predicted octanol–water partition coefficient (Wildman–Crippen LogP) is 3.79. The van der Waals surface area contributed by atoms with E-state index in [0.717, 1.165) is 23.9 Å². The number of imidazole rings is 1. The Morgan fingerprint density at radius 1 is 1.20 bits per heavy atom. The maximum atomic E-state index is 13.3. The molecule has 3 aromatic rings. The van der Waals surface area contributed by atoms with E-state index in [1.54, 1.807) is 29.2 Å². The van der Waals surface area contributed by atoms with Crippen LogP contribution in [0.3, 0.4) is 0 Å². The molecule has 1 N–H and O–H groups in total. The Labute approximate surface area is 178 Å². The summed E-state index contributed by atoms with van der Waals surface area (Å²) < 4.78 is 7.61. The van der Waals surface area contributed by atoms with Crippen LogP contribution < -0.4 is 10.2 Å². The average Bonchev–Trinajstić information content (AvgIpc) is 3.44. The number of hydrogen-bond acceptors (Lipinski definition) is 4. The van der Waals surface area contributed by atoms with Crippen LogP contribution in [0.15, 0.2) is 48.5 Å². The zero-order valence-corrected chi connectivity index (χ0v) is 17.0. The Morgan fingerprint density at radius 2 is 2.00 bits per heavy atom. The molecule has 154 valence electrons. The van der Waals surface area contributed by atoms with Crippen molar-refractivity contribution in [2.75, 3.05) is 23.4 Å². The van der Waals surface area contributed by atoms with Crippen LogP contribution in [-0.2, 0) is 14.3 Å². The molecule has 1 aromatic heterocycles. The number of aromatic nitrogens is 2. The molecule has 5 rings (SSSR count). The zero-order chi connectivity index (χ0) is 20.7. The van der Waals surface area contributed by atoms with Gasteiger partial charge in [0.15, 0.2) is 0 Å². The smallest absolute Gasteiger partial charge is 0.253 e. The van der Waals surface area contributed by atoms with Crippen LogP contribution in [0, 0.1) is 0 Å². The molecular formula is C22H21ClN4O3. The molecule has 2 aromatic carbocycles. The quantitative estimate of drug-likeness (QED) is 0.676. The lowest BCUT2D eigenvalue weighted by molar-refractivity contribution is -0.124. The van der Waals surface area contributed by atoms with Crippen molar-refractivity contribution in [3.63, 3.8) is 0 Å². The van der Waals surface area contributed by atoms with Crippen molar-refractivity contribution in [1.29, 1.82) is 0 Å². The zero-order valence-electron chi connectivity index (χ0n) is 16.3. The first-order chi connectivity index (χ1) is 14.6. The van der Waals surface area contributed by atoms with Crippen LogP contribution in [0.5, 0.6) is 0 Å². The van der Waals surface area contributed by atoms with E-state index in [9.17, 15) is 9.59 Å². The molecule has 8 heteroatoms. The standard InChI is InChI=1S/C22H21ClN4O3/c23-15-7-1-2-8-16(15)24-20(28)12-19-21(29)26(13-14-6-5-11-30-14)22-25-17-9-3-4-10-18(17)27(19)22/h1-4,7-10,14,19H,5-6,11-13H2,(H,24,28). The van der Waals surface area contributed by atoms with E-state index in [1.807, 2.05) is 28.8 Å². The first-order valence-corrected chi connectivity index (χ1v) is 10.4. The van der Waals surface area contributed by atoms with Gasteiger partial charge in [-0.05, 0) is 37.1 Å². The number of anilines is 2. The summed E-state index contributed by atoms with van der Waals surface area (Å²) in [7, 11) is 0. The first-order valence-electron chi connectivity index (χ1n) is 10.1. The van der Waals surface area contributed by atoms with E-state index in [4.69, 9.17) is 16.3 Å². The second kappa shape index (κ2) is 7.74. The van der Waals surface area contributed by atoms with E-state index >= 15 is 0 Å². The highest BCUT2D eigenvalue weighted by atomic mass is 35.5. The molecule has 7 nitrogen and oxygen atoms in total. The summed E-state index contributed by atoms with van der Waals surface area (Å²) in [4.78, 5) is 32.5. The number of carbonyl (C=O) groups is 2. The van der Waals surface area contributed by atoms with Crippen molar-refractivity contribution in [2.24, 2.45) is 0 Å².